The van der Waals surface area contributed by atoms with Gasteiger partial charge in [-0.25, -0.2) is 4.79 Å². The molecule has 5 heteroatoms. The highest BCUT2D eigenvalue weighted by atomic mass is 16.6. The predicted octanol–water partition coefficient (Wildman–Crippen LogP) is 2.99. The molecule has 0 unspecified atom stereocenters. The number of hydrogen-bond donors (Lipinski definition) is 1. The van der Waals surface area contributed by atoms with E-state index in [1.54, 1.807) is 11.9 Å². The molecule has 0 aliphatic rings. The van der Waals surface area contributed by atoms with Gasteiger partial charge in [-0.15, -0.1) is 0 Å². The van der Waals surface area contributed by atoms with E-state index in [4.69, 9.17) is 4.74 Å². The van der Waals surface area contributed by atoms with Gasteiger partial charge in [0.25, 0.3) is 0 Å². The van der Waals surface area contributed by atoms with E-state index in [-0.39, 0.29) is 5.91 Å². The van der Waals surface area contributed by atoms with Crippen LogP contribution in [-0.2, 0) is 16.0 Å². The maximum absolute atomic E-state index is 12.3. The van der Waals surface area contributed by atoms with Crippen LogP contribution in [0, 0.1) is 0 Å². The Morgan fingerprint density at radius 2 is 1.65 bits per heavy atom. The van der Waals surface area contributed by atoms with Crippen molar-refractivity contribution in [2.45, 2.75) is 52.2 Å². The minimum atomic E-state index is -0.580. The molecule has 0 aliphatic heterocycles. The fourth-order valence-electron chi connectivity index (χ4n) is 2.21. The van der Waals surface area contributed by atoms with Crippen LogP contribution in [0.2, 0.25) is 0 Å². The first-order valence-electron chi connectivity index (χ1n) is 7.77. The average molecular weight is 320 g/mol. The number of hydrogen-bond acceptors (Lipinski definition) is 3. The average Bonchev–Trinajstić information content (AvgIpc) is 2.35. The zero-order chi connectivity index (χ0) is 17.7. The summed E-state index contributed by atoms with van der Waals surface area (Å²) in [5.74, 6) is 0.00950. The third-order valence-electron chi connectivity index (χ3n) is 3.10. The summed E-state index contributed by atoms with van der Waals surface area (Å²) < 4.78 is 5.26. The number of benzene rings is 1. The summed E-state index contributed by atoms with van der Waals surface area (Å²) in [6.07, 6.45) is -0.133. The summed E-state index contributed by atoms with van der Waals surface area (Å²) in [5, 5.41) is 2.81. The second-order valence-corrected chi connectivity index (χ2v) is 7.42. The van der Waals surface area contributed by atoms with Crippen molar-refractivity contribution in [2.75, 3.05) is 13.6 Å². The van der Waals surface area contributed by atoms with Gasteiger partial charge in [-0.05, 0) is 40.2 Å². The third kappa shape index (κ3) is 7.68. The lowest BCUT2D eigenvalue weighted by Crippen LogP contribution is -2.53. The van der Waals surface area contributed by atoms with Crippen LogP contribution in [0.4, 0.5) is 4.79 Å². The maximum Gasteiger partial charge on any atom is 0.408 e. The third-order valence-corrected chi connectivity index (χ3v) is 3.10. The van der Waals surface area contributed by atoms with Crippen molar-refractivity contribution in [1.82, 2.24) is 10.2 Å². The highest BCUT2D eigenvalue weighted by Gasteiger charge is 2.27. The summed E-state index contributed by atoms with van der Waals surface area (Å²) >= 11 is 0. The summed E-state index contributed by atoms with van der Waals surface area (Å²) in [6.45, 7) is 9.57. The number of carbonyl (C=O) groups excluding carboxylic acids is 2. The van der Waals surface area contributed by atoms with Gasteiger partial charge in [-0.2, -0.15) is 0 Å². The van der Waals surface area contributed by atoms with Gasteiger partial charge in [0.05, 0.1) is 12.0 Å². The number of carbonyl (C=O) groups is 2. The Morgan fingerprint density at radius 3 is 2.17 bits per heavy atom. The highest BCUT2D eigenvalue weighted by molar-refractivity contribution is 5.78. The normalized spacial score (nSPS) is 11.7. The lowest BCUT2D eigenvalue weighted by Gasteiger charge is -2.32. The van der Waals surface area contributed by atoms with E-state index in [1.807, 2.05) is 65.0 Å². The van der Waals surface area contributed by atoms with Gasteiger partial charge in [0.1, 0.15) is 5.60 Å². The first-order chi connectivity index (χ1) is 10.5. The van der Waals surface area contributed by atoms with Crippen LogP contribution >= 0.6 is 0 Å². The van der Waals surface area contributed by atoms with E-state index in [9.17, 15) is 9.59 Å². The van der Waals surface area contributed by atoms with Crippen molar-refractivity contribution in [3.8, 4) is 0 Å². The summed E-state index contributed by atoms with van der Waals surface area (Å²) in [5.41, 5.74) is -0.152. The second-order valence-electron chi connectivity index (χ2n) is 7.42. The van der Waals surface area contributed by atoms with Crippen LogP contribution in [0.3, 0.4) is 0 Å². The number of likely N-dealkylation sites (N-methyl/N-ethyl adjacent to an activating group) is 1. The van der Waals surface area contributed by atoms with Crippen LogP contribution in [-0.4, -0.2) is 41.6 Å². The second kappa shape index (κ2) is 7.49. The largest absolute Gasteiger partial charge is 0.444 e. The van der Waals surface area contributed by atoms with E-state index >= 15 is 0 Å². The minimum absolute atomic E-state index is 0.00950. The molecule has 0 spiro atoms. The monoisotopic (exact) mass is 320 g/mol. The Kier molecular flexibility index (Phi) is 6.19. The molecule has 0 aromatic heterocycles. The smallest absolute Gasteiger partial charge is 0.408 e. The predicted molar refractivity (Wildman–Crippen MR) is 91.2 cm³/mol. The number of nitrogens with one attached hydrogen (secondary N) is 1. The quantitative estimate of drug-likeness (QED) is 0.907. The van der Waals surface area contributed by atoms with Crippen LogP contribution < -0.4 is 5.32 Å². The molecule has 0 bridgehead atoms. The number of nitrogens with zero attached hydrogens (tertiary/aromatic N) is 1. The summed E-state index contributed by atoms with van der Waals surface area (Å²) in [6, 6.07) is 9.60. The van der Waals surface area contributed by atoms with Crippen LogP contribution in [0.5, 0.6) is 0 Å². The molecule has 0 fully saturated rings. The Labute approximate surface area is 139 Å². The minimum Gasteiger partial charge on any atom is -0.444 e. The zero-order valence-corrected chi connectivity index (χ0v) is 15.0. The van der Waals surface area contributed by atoms with Crippen molar-refractivity contribution in [3.63, 3.8) is 0 Å². The van der Waals surface area contributed by atoms with Gasteiger partial charge < -0.3 is 15.0 Å². The van der Waals surface area contributed by atoms with Gasteiger partial charge in [-0.1, -0.05) is 30.3 Å². The summed E-state index contributed by atoms with van der Waals surface area (Å²) in [4.78, 5) is 25.8. The van der Waals surface area contributed by atoms with Gasteiger partial charge in [-0.3, -0.25) is 4.79 Å². The van der Waals surface area contributed by atoms with Gasteiger partial charge in [0.2, 0.25) is 5.91 Å². The molecule has 23 heavy (non-hydrogen) atoms. The molecule has 0 radical (unpaired) electrons. The van der Waals surface area contributed by atoms with Crippen molar-refractivity contribution >= 4 is 12.0 Å². The number of ether oxygens (including phenoxy) is 1. The summed E-state index contributed by atoms with van der Waals surface area (Å²) in [7, 11) is 1.74. The Bertz CT molecular complexity index is 533. The number of alkyl carbamates (subject to hydrolysis) is 1. The Balaban J connectivity index is 2.55. The molecular formula is C18H28N2O3. The molecular weight excluding hydrogens is 292 g/mol. The van der Waals surface area contributed by atoms with E-state index in [0.29, 0.717) is 13.0 Å². The molecule has 0 heterocycles. The van der Waals surface area contributed by atoms with Gasteiger partial charge in [0, 0.05) is 13.6 Å². The van der Waals surface area contributed by atoms with Gasteiger partial charge >= 0.3 is 6.09 Å². The highest BCUT2D eigenvalue weighted by Crippen LogP contribution is 2.11. The van der Waals surface area contributed by atoms with E-state index in [1.165, 1.54) is 0 Å². The fraction of sp³-hybridized carbons (Fsp3) is 0.556. The fourth-order valence-corrected chi connectivity index (χ4v) is 2.21. The van der Waals surface area contributed by atoms with Gasteiger partial charge in [0.15, 0.2) is 0 Å². The molecule has 128 valence electrons. The van der Waals surface area contributed by atoms with E-state index < -0.39 is 17.2 Å². The standard InChI is InChI=1S/C18H28N2O3/c1-17(2,3)23-16(22)19-18(4,5)13-20(6)15(21)12-14-10-8-7-9-11-14/h7-11H,12-13H2,1-6H3,(H,19,22). The molecule has 1 rings (SSSR count). The van der Waals surface area contributed by atoms with Crippen LogP contribution in [0.25, 0.3) is 0 Å². The molecule has 1 aromatic rings. The molecule has 0 saturated heterocycles. The van der Waals surface area contributed by atoms with Crippen LogP contribution in [0.15, 0.2) is 30.3 Å². The number of rotatable bonds is 5. The zero-order valence-electron chi connectivity index (χ0n) is 15.0. The molecule has 0 aliphatic carbocycles. The molecule has 2 amide bonds. The SMILES string of the molecule is CN(CC(C)(C)NC(=O)OC(C)(C)C)C(=O)Cc1ccccc1. The molecule has 1 aromatic carbocycles. The molecule has 0 saturated carbocycles. The van der Waals surface area contributed by atoms with E-state index in [0.717, 1.165) is 5.56 Å². The lowest BCUT2D eigenvalue weighted by atomic mass is 10.0. The molecule has 1 N–H and O–H groups in total. The maximum atomic E-state index is 12.3. The lowest BCUT2D eigenvalue weighted by molar-refractivity contribution is -0.130. The van der Waals surface area contributed by atoms with Crippen molar-refractivity contribution in [1.29, 1.82) is 0 Å². The van der Waals surface area contributed by atoms with Crippen molar-refractivity contribution in [2.24, 2.45) is 0 Å². The molecule has 5 nitrogen and oxygen atoms in total. The Hall–Kier alpha value is -2.04. The first kappa shape index (κ1) is 19.0. The van der Waals surface area contributed by atoms with E-state index in [2.05, 4.69) is 5.32 Å². The van der Waals surface area contributed by atoms with Crippen LogP contribution in [0.1, 0.15) is 40.2 Å². The topological polar surface area (TPSA) is 58.6 Å². The number of amides is 2. The van der Waals surface area contributed by atoms with Crippen molar-refractivity contribution in [3.05, 3.63) is 35.9 Å². The van der Waals surface area contributed by atoms with Crippen molar-refractivity contribution < 1.29 is 14.3 Å². The molecule has 0 atom stereocenters. The Morgan fingerprint density at radius 1 is 1.09 bits per heavy atom. The first-order valence-corrected chi connectivity index (χ1v) is 7.77.